The molecule has 0 amide bonds. The summed E-state index contributed by atoms with van der Waals surface area (Å²) in [6.07, 6.45) is 3.57. The molecule has 29 heavy (non-hydrogen) atoms. The minimum absolute atomic E-state index is 0. The van der Waals surface area contributed by atoms with Crippen LogP contribution in [0.3, 0.4) is 0 Å². The molecular formula is C24H20N2NiO2. The Morgan fingerprint density at radius 2 is 1.31 bits per heavy atom. The van der Waals surface area contributed by atoms with Gasteiger partial charge in [-0.25, -0.2) is 0 Å². The predicted molar refractivity (Wildman–Crippen MR) is 110 cm³/mol. The van der Waals surface area contributed by atoms with Gasteiger partial charge in [0.2, 0.25) is 0 Å². The summed E-state index contributed by atoms with van der Waals surface area (Å²) < 4.78 is 0. The maximum absolute atomic E-state index is 10.9. The Labute approximate surface area is 180 Å². The molecule has 4 rings (SSSR count). The maximum atomic E-state index is 10.9. The molecule has 3 aromatic carbocycles. The number of benzene rings is 3. The molecule has 0 saturated heterocycles. The van der Waals surface area contributed by atoms with Gasteiger partial charge in [-0.05, 0) is 47.9 Å². The van der Waals surface area contributed by atoms with Gasteiger partial charge < -0.3 is 10.2 Å². The minimum Gasteiger partial charge on any atom is -0.873 e. The summed E-state index contributed by atoms with van der Waals surface area (Å²) in [7, 11) is 0. The van der Waals surface area contributed by atoms with E-state index in [4.69, 9.17) is 0 Å². The van der Waals surface area contributed by atoms with Crippen molar-refractivity contribution in [3.63, 3.8) is 0 Å². The largest absolute Gasteiger partial charge is 2.00 e. The van der Waals surface area contributed by atoms with E-state index in [1.54, 1.807) is 12.4 Å². The average Bonchev–Trinajstić information content (AvgIpc) is 2.70. The number of aliphatic imine (C=N–C) groups is 1. The standard InChI is InChI=1S/C14H14N2.C10H8O2.Ni/c1-11-6-5-7-12(2)14(11)16-10-13-8-3-4-9-15-13;11-9-5-7-3-1-2-4-8(7)6-10(9)12;/h3-10H,1-2H3;1-6,11-12H;/q;;+2/p-2. The Balaban J connectivity index is 0.000000207. The number of fused-ring (bicyclic) bond motifs is 1. The van der Waals surface area contributed by atoms with E-state index in [1.807, 2.05) is 48.5 Å². The molecule has 4 nitrogen and oxygen atoms in total. The number of pyridine rings is 1. The fraction of sp³-hybridized carbons (Fsp3) is 0.0833. The van der Waals surface area contributed by atoms with Crippen molar-refractivity contribution in [3.8, 4) is 11.5 Å². The Bertz CT molecular complexity index is 1050. The molecule has 0 spiro atoms. The van der Waals surface area contributed by atoms with Crippen LogP contribution in [0.1, 0.15) is 16.8 Å². The molecule has 0 saturated carbocycles. The summed E-state index contributed by atoms with van der Waals surface area (Å²) in [6.45, 7) is 4.14. The van der Waals surface area contributed by atoms with E-state index < -0.39 is 11.5 Å². The fourth-order valence-electron chi connectivity index (χ4n) is 2.79. The molecule has 1 heterocycles. The summed E-state index contributed by atoms with van der Waals surface area (Å²) in [5, 5.41) is 23.5. The van der Waals surface area contributed by atoms with Crippen LogP contribution in [0.5, 0.6) is 11.5 Å². The zero-order valence-electron chi connectivity index (χ0n) is 16.1. The smallest absolute Gasteiger partial charge is 0.873 e. The first-order valence-corrected chi connectivity index (χ1v) is 8.93. The molecule has 0 radical (unpaired) electrons. The Morgan fingerprint density at radius 1 is 0.759 bits per heavy atom. The number of aryl methyl sites for hydroxylation is 2. The SMILES string of the molecule is Cc1cccc(C)c1N=Cc1ccccn1.[Ni+2].[O-]c1cc2ccccc2cc1[O-]. The molecule has 0 atom stereocenters. The van der Waals surface area contributed by atoms with Crippen LogP contribution in [0.25, 0.3) is 10.8 Å². The van der Waals surface area contributed by atoms with Crippen molar-refractivity contribution in [1.82, 2.24) is 4.98 Å². The van der Waals surface area contributed by atoms with E-state index in [0.717, 1.165) is 22.2 Å². The second-order valence-electron chi connectivity index (χ2n) is 6.40. The first-order chi connectivity index (χ1) is 13.5. The van der Waals surface area contributed by atoms with Crippen molar-refractivity contribution in [1.29, 1.82) is 0 Å². The minimum atomic E-state index is -0.436. The molecule has 4 aromatic rings. The van der Waals surface area contributed by atoms with E-state index in [0.29, 0.717) is 0 Å². The molecule has 5 heteroatoms. The fourth-order valence-corrected chi connectivity index (χ4v) is 2.79. The molecule has 1 aromatic heterocycles. The number of hydrogen-bond donors (Lipinski definition) is 0. The molecule has 0 unspecified atom stereocenters. The van der Waals surface area contributed by atoms with Gasteiger partial charge in [-0.2, -0.15) is 0 Å². The van der Waals surface area contributed by atoms with Crippen molar-refractivity contribution in [2.24, 2.45) is 4.99 Å². The molecule has 0 N–H and O–H groups in total. The predicted octanol–water partition coefficient (Wildman–Crippen LogP) is 4.43. The molecule has 148 valence electrons. The van der Waals surface area contributed by atoms with Crippen LogP contribution in [-0.2, 0) is 16.5 Å². The van der Waals surface area contributed by atoms with E-state index in [9.17, 15) is 10.2 Å². The zero-order chi connectivity index (χ0) is 19.9. The van der Waals surface area contributed by atoms with Crippen molar-refractivity contribution in [2.45, 2.75) is 13.8 Å². The summed E-state index contributed by atoms with van der Waals surface area (Å²) >= 11 is 0. The molecular weight excluding hydrogens is 407 g/mol. The van der Waals surface area contributed by atoms with Crippen LogP contribution in [0.4, 0.5) is 5.69 Å². The molecule has 0 aliphatic carbocycles. The summed E-state index contributed by atoms with van der Waals surface area (Å²) in [6, 6.07) is 22.0. The molecule has 0 bridgehead atoms. The number of hydrogen-bond acceptors (Lipinski definition) is 4. The van der Waals surface area contributed by atoms with E-state index in [-0.39, 0.29) is 16.5 Å². The van der Waals surface area contributed by atoms with E-state index >= 15 is 0 Å². The first-order valence-electron chi connectivity index (χ1n) is 8.93. The number of aromatic nitrogens is 1. The van der Waals surface area contributed by atoms with Crippen molar-refractivity contribution in [3.05, 3.63) is 95.8 Å². The summed E-state index contributed by atoms with van der Waals surface area (Å²) in [5.74, 6) is -0.873. The Kier molecular flexibility index (Phi) is 7.93. The third-order valence-corrected chi connectivity index (χ3v) is 4.27. The van der Waals surface area contributed by atoms with Gasteiger partial charge in [-0.15, -0.1) is 11.5 Å². The van der Waals surface area contributed by atoms with Gasteiger partial charge in [0.25, 0.3) is 0 Å². The van der Waals surface area contributed by atoms with Gasteiger partial charge in [0.1, 0.15) is 0 Å². The van der Waals surface area contributed by atoms with Crippen LogP contribution in [-0.4, -0.2) is 11.2 Å². The normalized spacial score (nSPS) is 10.3. The molecule has 0 aliphatic heterocycles. The van der Waals surface area contributed by atoms with Crippen LogP contribution in [0.15, 0.2) is 84.0 Å². The maximum Gasteiger partial charge on any atom is 2.00 e. The number of nitrogens with zero attached hydrogens (tertiary/aromatic N) is 2. The van der Waals surface area contributed by atoms with Gasteiger partial charge in [-0.3, -0.25) is 9.98 Å². The van der Waals surface area contributed by atoms with E-state index in [1.165, 1.54) is 23.3 Å². The van der Waals surface area contributed by atoms with Crippen LogP contribution < -0.4 is 10.2 Å². The molecule has 0 aliphatic rings. The Morgan fingerprint density at radius 3 is 1.83 bits per heavy atom. The van der Waals surface area contributed by atoms with Crippen LogP contribution in [0.2, 0.25) is 0 Å². The summed E-state index contributed by atoms with van der Waals surface area (Å²) in [5.41, 5.74) is 4.29. The second kappa shape index (κ2) is 10.4. The van der Waals surface area contributed by atoms with Crippen LogP contribution >= 0.6 is 0 Å². The van der Waals surface area contributed by atoms with Gasteiger partial charge in [0.15, 0.2) is 0 Å². The number of rotatable bonds is 2. The first kappa shape index (κ1) is 22.1. The average molecular weight is 427 g/mol. The van der Waals surface area contributed by atoms with Gasteiger partial charge in [-0.1, -0.05) is 60.7 Å². The monoisotopic (exact) mass is 426 g/mol. The van der Waals surface area contributed by atoms with E-state index in [2.05, 4.69) is 36.0 Å². The van der Waals surface area contributed by atoms with Crippen molar-refractivity contribution < 1.29 is 26.7 Å². The topological polar surface area (TPSA) is 71.4 Å². The van der Waals surface area contributed by atoms with Gasteiger partial charge in [0, 0.05) is 6.20 Å². The van der Waals surface area contributed by atoms with Gasteiger partial charge in [0.05, 0.1) is 17.6 Å². The van der Waals surface area contributed by atoms with Crippen molar-refractivity contribution >= 4 is 22.7 Å². The Hall–Kier alpha value is -3.17. The second-order valence-corrected chi connectivity index (χ2v) is 6.40. The van der Waals surface area contributed by atoms with Crippen LogP contribution in [0, 0.1) is 13.8 Å². The zero-order valence-corrected chi connectivity index (χ0v) is 17.1. The van der Waals surface area contributed by atoms with Crippen molar-refractivity contribution in [2.75, 3.05) is 0 Å². The summed E-state index contributed by atoms with van der Waals surface area (Å²) in [4.78, 5) is 8.69. The third kappa shape index (κ3) is 5.90. The molecule has 0 fully saturated rings. The number of para-hydroxylation sites is 1. The third-order valence-electron chi connectivity index (χ3n) is 4.27. The quantitative estimate of drug-likeness (QED) is 0.351. The van der Waals surface area contributed by atoms with Gasteiger partial charge >= 0.3 is 16.5 Å².